The minimum atomic E-state index is 0.514. The first-order valence-electron chi connectivity index (χ1n) is 6.91. The van der Waals surface area contributed by atoms with E-state index in [1.807, 2.05) is 30.3 Å². The van der Waals surface area contributed by atoms with Crippen molar-refractivity contribution in [1.29, 1.82) is 0 Å². The number of para-hydroxylation sites is 1. The van der Waals surface area contributed by atoms with Crippen LogP contribution in [0.3, 0.4) is 0 Å². The minimum absolute atomic E-state index is 0.514. The molecule has 1 aromatic carbocycles. The van der Waals surface area contributed by atoms with Gasteiger partial charge in [-0.1, -0.05) is 23.4 Å². The normalized spacial score (nSPS) is 14.7. The van der Waals surface area contributed by atoms with E-state index in [4.69, 9.17) is 4.52 Å². The molecular formula is C15H13BrN4O. The molecule has 21 heavy (non-hydrogen) atoms. The Morgan fingerprint density at radius 2 is 2.10 bits per heavy atom. The predicted molar refractivity (Wildman–Crippen MR) is 82.6 cm³/mol. The minimum Gasteiger partial charge on any atom is -0.337 e. The second kappa shape index (κ2) is 5.20. The van der Waals surface area contributed by atoms with E-state index in [9.17, 15) is 0 Å². The average molecular weight is 345 g/mol. The van der Waals surface area contributed by atoms with Crippen LogP contribution in [-0.2, 0) is 6.54 Å². The molecule has 0 radical (unpaired) electrons. The molecule has 2 aromatic heterocycles. The Bertz CT molecular complexity index is 797. The lowest BCUT2D eigenvalue weighted by molar-refractivity contribution is 0.367. The molecule has 6 heteroatoms. The first-order chi connectivity index (χ1) is 10.3. The maximum Gasteiger partial charge on any atom is 0.240 e. The maximum absolute atomic E-state index is 5.28. The van der Waals surface area contributed by atoms with Crippen molar-refractivity contribution in [1.82, 2.24) is 20.4 Å². The first kappa shape index (κ1) is 12.9. The number of hydrogen-bond acceptors (Lipinski definition) is 5. The second-order valence-electron chi connectivity index (χ2n) is 5.18. The third-order valence-corrected chi connectivity index (χ3v) is 4.08. The molecule has 0 atom stereocenters. The SMILES string of the molecule is Brc1cc2ccccc2nc1-c1noc(CNC2CC2)n1. The molecule has 1 N–H and O–H groups in total. The quantitative estimate of drug-likeness (QED) is 0.786. The standard InChI is InChI=1S/C15H13BrN4O/c16-11-7-9-3-1-2-4-12(9)18-14(11)15-19-13(21-20-15)8-17-10-5-6-10/h1-4,7,10,17H,5-6,8H2. The Balaban J connectivity index is 1.66. The van der Waals surface area contributed by atoms with Crippen LogP contribution in [0, 0.1) is 0 Å². The Morgan fingerprint density at radius 3 is 2.95 bits per heavy atom. The van der Waals surface area contributed by atoms with Gasteiger partial charge < -0.3 is 9.84 Å². The monoisotopic (exact) mass is 344 g/mol. The number of fused-ring (bicyclic) bond motifs is 1. The molecule has 0 amide bonds. The molecule has 3 aromatic rings. The highest BCUT2D eigenvalue weighted by Crippen LogP contribution is 2.28. The molecule has 2 heterocycles. The second-order valence-corrected chi connectivity index (χ2v) is 6.03. The first-order valence-corrected chi connectivity index (χ1v) is 7.70. The van der Waals surface area contributed by atoms with Gasteiger partial charge in [0, 0.05) is 15.9 Å². The van der Waals surface area contributed by atoms with E-state index >= 15 is 0 Å². The lowest BCUT2D eigenvalue weighted by Gasteiger charge is -2.02. The number of nitrogens with zero attached hydrogens (tertiary/aromatic N) is 3. The molecule has 4 rings (SSSR count). The zero-order chi connectivity index (χ0) is 14.2. The number of pyridine rings is 1. The summed E-state index contributed by atoms with van der Waals surface area (Å²) in [6, 6.07) is 10.6. The molecule has 1 aliphatic rings. The number of aromatic nitrogens is 3. The van der Waals surface area contributed by atoms with Crippen LogP contribution in [0.2, 0.25) is 0 Å². The number of rotatable bonds is 4. The fourth-order valence-electron chi connectivity index (χ4n) is 2.19. The number of benzene rings is 1. The van der Waals surface area contributed by atoms with Gasteiger partial charge in [-0.3, -0.25) is 0 Å². The Morgan fingerprint density at radius 1 is 1.24 bits per heavy atom. The van der Waals surface area contributed by atoms with Crippen molar-refractivity contribution in [2.24, 2.45) is 0 Å². The maximum atomic E-state index is 5.28. The summed E-state index contributed by atoms with van der Waals surface area (Å²) in [5.41, 5.74) is 1.62. The molecule has 1 saturated carbocycles. The van der Waals surface area contributed by atoms with Crippen LogP contribution in [-0.4, -0.2) is 21.2 Å². The van der Waals surface area contributed by atoms with Crippen molar-refractivity contribution < 1.29 is 4.52 Å². The van der Waals surface area contributed by atoms with E-state index in [2.05, 4.69) is 36.4 Å². The Hall–Kier alpha value is -1.79. The van der Waals surface area contributed by atoms with Gasteiger partial charge in [-0.05, 0) is 40.9 Å². The molecule has 0 aliphatic heterocycles. The summed E-state index contributed by atoms with van der Waals surface area (Å²) in [5, 5.41) is 8.46. The van der Waals surface area contributed by atoms with Gasteiger partial charge in [0.15, 0.2) is 0 Å². The van der Waals surface area contributed by atoms with Crippen molar-refractivity contribution in [2.45, 2.75) is 25.4 Å². The van der Waals surface area contributed by atoms with Gasteiger partial charge in [-0.25, -0.2) is 4.98 Å². The van der Waals surface area contributed by atoms with Gasteiger partial charge in [0.25, 0.3) is 0 Å². The highest BCUT2D eigenvalue weighted by Gasteiger charge is 2.21. The van der Waals surface area contributed by atoms with Crippen LogP contribution in [0.1, 0.15) is 18.7 Å². The molecule has 0 spiro atoms. The molecule has 106 valence electrons. The van der Waals surface area contributed by atoms with E-state index in [1.54, 1.807) is 0 Å². The molecule has 0 bridgehead atoms. The molecule has 0 saturated heterocycles. The van der Waals surface area contributed by atoms with Gasteiger partial charge in [0.2, 0.25) is 11.7 Å². The van der Waals surface area contributed by atoms with Crippen molar-refractivity contribution in [3.8, 4) is 11.5 Å². The number of halogens is 1. The smallest absolute Gasteiger partial charge is 0.240 e. The summed E-state index contributed by atoms with van der Waals surface area (Å²) in [4.78, 5) is 9.03. The summed E-state index contributed by atoms with van der Waals surface area (Å²) in [5.74, 6) is 1.11. The molecule has 0 unspecified atom stereocenters. The van der Waals surface area contributed by atoms with Gasteiger partial charge in [-0.2, -0.15) is 4.98 Å². The topological polar surface area (TPSA) is 63.8 Å². The molecule has 5 nitrogen and oxygen atoms in total. The Kier molecular flexibility index (Phi) is 3.20. The van der Waals surface area contributed by atoms with Crippen molar-refractivity contribution in [2.75, 3.05) is 0 Å². The van der Waals surface area contributed by atoms with Crippen molar-refractivity contribution in [3.63, 3.8) is 0 Å². The van der Waals surface area contributed by atoms with E-state index < -0.39 is 0 Å². The lowest BCUT2D eigenvalue weighted by atomic mass is 10.2. The summed E-state index contributed by atoms with van der Waals surface area (Å²) >= 11 is 3.54. The van der Waals surface area contributed by atoms with E-state index in [0.29, 0.717) is 30.0 Å². The Labute approximate surface area is 129 Å². The van der Waals surface area contributed by atoms with E-state index in [-0.39, 0.29) is 0 Å². The number of hydrogen-bond donors (Lipinski definition) is 1. The van der Waals surface area contributed by atoms with Gasteiger partial charge in [0.1, 0.15) is 5.69 Å². The van der Waals surface area contributed by atoms with Crippen LogP contribution in [0.4, 0.5) is 0 Å². The van der Waals surface area contributed by atoms with Crippen molar-refractivity contribution >= 4 is 26.8 Å². The predicted octanol–water partition coefficient (Wildman–Crippen LogP) is 3.30. The van der Waals surface area contributed by atoms with Crippen molar-refractivity contribution in [3.05, 3.63) is 40.7 Å². The fourth-order valence-corrected chi connectivity index (χ4v) is 2.70. The lowest BCUT2D eigenvalue weighted by Crippen LogP contribution is -2.15. The summed E-state index contributed by atoms with van der Waals surface area (Å²) in [6.07, 6.45) is 2.47. The van der Waals surface area contributed by atoms with Crippen LogP contribution in [0.5, 0.6) is 0 Å². The molecule has 1 fully saturated rings. The molecule has 1 aliphatic carbocycles. The zero-order valence-corrected chi connectivity index (χ0v) is 12.8. The zero-order valence-electron chi connectivity index (χ0n) is 11.2. The number of nitrogens with one attached hydrogen (secondary N) is 1. The summed E-state index contributed by atoms with van der Waals surface area (Å²) < 4.78 is 6.14. The summed E-state index contributed by atoms with van der Waals surface area (Å²) in [6.45, 7) is 0.614. The van der Waals surface area contributed by atoms with Crippen LogP contribution in [0.15, 0.2) is 39.3 Å². The molecular weight excluding hydrogens is 332 g/mol. The fraction of sp³-hybridized carbons (Fsp3) is 0.267. The van der Waals surface area contributed by atoms with E-state index in [0.717, 1.165) is 15.4 Å². The average Bonchev–Trinajstić information content (AvgIpc) is 3.21. The third kappa shape index (κ3) is 2.69. The van der Waals surface area contributed by atoms with E-state index in [1.165, 1.54) is 12.8 Å². The van der Waals surface area contributed by atoms with Crippen LogP contribution < -0.4 is 5.32 Å². The third-order valence-electron chi connectivity index (χ3n) is 3.48. The highest BCUT2D eigenvalue weighted by atomic mass is 79.9. The van der Waals surface area contributed by atoms with Gasteiger partial charge >= 0.3 is 0 Å². The van der Waals surface area contributed by atoms with Gasteiger partial charge in [0.05, 0.1) is 12.1 Å². The largest absolute Gasteiger partial charge is 0.337 e. The van der Waals surface area contributed by atoms with Crippen LogP contribution in [0.25, 0.3) is 22.4 Å². The van der Waals surface area contributed by atoms with Gasteiger partial charge in [-0.15, -0.1) is 0 Å². The summed E-state index contributed by atoms with van der Waals surface area (Å²) in [7, 11) is 0. The highest BCUT2D eigenvalue weighted by molar-refractivity contribution is 9.10. The van der Waals surface area contributed by atoms with Crippen LogP contribution >= 0.6 is 15.9 Å².